The summed E-state index contributed by atoms with van der Waals surface area (Å²) >= 11 is 0. The van der Waals surface area contributed by atoms with Gasteiger partial charge in [-0.15, -0.1) is 0 Å². The lowest BCUT2D eigenvalue weighted by molar-refractivity contribution is -0.110. The van der Waals surface area contributed by atoms with Crippen molar-refractivity contribution < 1.29 is 22.9 Å². The minimum atomic E-state index is -2.82. The maximum absolute atomic E-state index is 13.8. The third-order valence-corrected chi connectivity index (χ3v) is 4.89. The molecule has 0 radical (unpaired) electrons. The second-order valence-corrected chi connectivity index (χ2v) is 7.42. The lowest BCUT2D eigenvalue weighted by Crippen LogP contribution is -2.24. The van der Waals surface area contributed by atoms with Gasteiger partial charge < -0.3 is 9.84 Å². The number of rotatable bonds is 10. The number of nitrogens with zero attached hydrogens (tertiary/aromatic N) is 4. The maximum atomic E-state index is 13.8. The van der Waals surface area contributed by atoms with E-state index in [1.54, 1.807) is 18.5 Å². The number of aryl methyl sites for hydroxylation is 2. The zero-order valence-corrected chi connectivity index (χ0v) is 18.4. The predicted molar refractivity (Wildman–Crippen MR) is 122 cm³/mol. The monoisotopic (exact) mass is 470 g/mol. The smallest absolute Gasteiger partial charge is 0.250 e. The predicted octanol–water partition coefficient (Wildman–Crippen LogP) is 3.68. The number of amides is 2. The van der Waals surface area contributed by atoms with E-state index >= 15 is 0 Å². The highest BCUT2D eigenvalue weighted by atomic mass is 19.3. The molecule has 0 aromatic carbocycles. The summed E-state index contributed by atoms with van der Waals surface area (Å²) < 4.78 is 34.0. The molecule has 0 bridgehead atoms. The van der Waals surface area contributed by atoms with Gasteiger partial charge in [-0.2, -0.15) is 0 Å². The van der Waals surface area contributed by atoms with Crippen molar-refractivity contribution in [1.29, 1.82) is 0 Å². The number of anilines is 1. The number of hydrogen-bond donors (Lipinski definition) is 2. The fourth-order valence-corrected chi connectivity index (χ4v) is 3.13. The number of pyridine rings is 2. The van der Waals surface area contributed by atoms with E-state index in [1.165, 1.54) is 6.20 Å². The number of aromatic nitrogens is 4. The molecule has 4 heterocycles. The molecule has 0 aliphatic rings. The quantitative estimate of drug-likeness (QED) is 0.270. The highest BCUT2D eigenvalue weighted by Gasteiger charge is 2.27. The van der Waals surface area contributed by atoms with Crippen LogP contribution in [0.1, 0.15) is 24.1 Å². The molecular formula is C23H24F2N6O3. The van der Waals surface area contributed by atoms with Gasteiger partial charge in [0, 0.05) is 48.9 Å². The van der Waals surface area contributed by atoms with Crippen LogP contribution in [0.2, 0.25) is 0 Å². The number of hydrogen-bond acceptors (Lipinski definition) is 6. The van der Waals surface area contributed by atoms with Gasteiger partial charge in [0.25, 0.3) is 0 Å². The van der Waals surface area contributed by atoms with Crippen molar-refractivity contribution in [3.8, 4) is 5.69 Å². The van der Waals surface area contributed by atoms with Crippen molar-refractivity contribution >= 4 is 29.7 Å². The zero-order valence-electron chi connectivity index (χ0n) is 18.4. The van der Waals surface area contributed by atoms with E-state index in [0.717, 1.165) is 28.0 Å². The van der Waals surface area contributed by atoms with Crippen LogP contribution in [0.15, 0.2) is 59.6 Å². The number of carbonyl (C=O) groups excluding carboxylic acids is 2. The average molecular weight is 470 g/mol. The largest absolute Gasteiger partial charge is 0.358 e. The van der Waals surface area contributed by atoms with Crippen LogP contribution in [0.25, 0.3) is 16.7 Å². The topological polar surface area (TPSA) is 115 Å². The minimum absolute atomic E-state index is 0.0266. The Kier molecular flexibility index (Phi) is 8.38. The summed E-state index contributed by atoms with van der Waals surface area (Å²) in [5, 5.41) is 8.79. The SMILES string of the molecule is Cc1ccc(-n2ccc3cc(CCC(F)(F)CCNC=O)cnc32)cn1.O=CNc1ccno1. The first-order valence-corrected chi connectivity index (χ1v) is 10.5. The first-order chi connectivity index (χ1) is 16.4. The Hall–Kier alpha value is -4.15. The van der Waals surface area contributed by atoms with Gasteiger partial charge >= 0.3 is 0 Å². The molecule has 11 heteroatoms. The van der Waals surface area contributed by atoms with Crippen LogP contribution in [-0.4, -0.2) is 45.0 Å². The number of alkyl halides is 2. The van der Waals surface area contributed by atoms with Gasteiger partial charge in [-0.05, 0) is 43.2 Å². The standard InChI is InChI=1S/C19H20F2N4O.C4H4N2O2/c1-14-2-3-17(12-23-14)25-9-5-16-10-15(11-24-18(16)25)4-6-19(20,21)7-8-22-13-26;7-3-5-4-1-2-6-8-4/h2-3,5,9-13H,4,6-8H2,1H3,(H,22,26);1-3H,(H,5,7). The van der Waals surface area contributed by atoms with E-state index in [-0.39, 0.29) is 25.8 Å². The lowest BCUT2D eigenvalue weighted by Gasteiger charge is -2.15. The molecular weight excluding hydrogens is 446 g/mol. The van der Waals surface area contributed by atoms with Gasteiger partial charge in [0.2, 0.25) is 24.6 Å². The van der Waals surface area contributed by atoms with Crippen LogP contribution in [0.3, 0.4) is 0 Å². The number of nitrogens with one attached hydrogen (secondary N) is 2. The molecule has 0 saturated carbocycles. The van der Waals surface area contributed by atoms with Crippen molar-refractivity contribution in [2.75, 3.05) is 11.9 Å². The molecule has 0 atom stereocenters. The van der Waals surface area contributed by atoms with Gasteiger partial charge in [-0.3, -0.25) is 24.5 Å². The molecule has 0 saturated heterocycles. The van der Waals surface area contributed by atoms with Crippen LogP contribution in [-0.2, 0) is 16.0 Å². The normalized spacial score (nSPS) is 10.9. The van der Waals surface area contributed by atoms with E-state index < -0.39 is 5.92 Å². The summed E-state index contributed by atoms with van der Waals surface area (Å²) in [6.07, 6.45) is 7.32. The Morgan fingerprint density at radius 2 is 1.94 bits per heavy atom. The van der Waals surface area contributed by atoms with E-state index in [4.69, 9.17) is 0 Å². The third kappa shape index (κ3) is 6.92. The van der Waals surface area contributed by atoms with Crippen molar-refractivity contribution in [2.45, 2.75) is 32.1 Å². The summed E-state index contributed by atoms with van der Waals surface area (Å²) in [5.74, 6) is -2.45. The first-order valence-electron chi connectivity index (χ1n) is 10.5. The fourth-order valence-electron chi connectivity index (χ4n) is 3.13. The summed E-state index contributed by atoms with van der Waals surface area (Å²) in [7, 11) is 0. The van der Waals surface area contributed by atoms with Crippen molar-refractivity contribution in [3.05, 3.63) is 66.4 Å². The first kappa shape index (κ1) is 24.5. The number of fused-ring (bicyclic) bond motifs is 1. The Balaban J connectivity index is 0.000000343. The molecule has 2 N–H and O–H groups in total. The zero-order chi connectivity index (χ0) is 24.4. The Morgan fingerprint density at radius 1 is 1.09 bits per heavy atom. The van der Waals surface area contributed by atoms with Crippen LogP contribution in [0.4, 0.5) is 14.7 Å². The summed E-state index contributed by atoms with van der Waals surface area (Å²) in [6, 6.07) is 9.24. The molecule has 0 unspecified atom stereocenters. The van der Waals surface area contributed by atoms with Gasteiger partial charge in [0.15, 0.2) is 0 Å². The van der Waals surface area contributed by atoms with Gasteiger partial charge in [0.05, 0.1) is 18.1 Å². The van der Waals surface area contributed by atoms with Crippen LogP contribution in [0, 0.1) is 6.92 Å². The second-order valence-electron chi connectivity index (χ2n) is 7.42. The third-order valence-electron chi connectivity index (χ3n) is 4.89. The molecule has 4 rings (SSSR count). The van der Waals surface area contributed by atoms with Gasteiger partial charge in [-0.25, -0.2) is 13.8 Å². The molecule has 0 fully saturated rings. The number of halogens is 2. The van der Waals surface area contributed by atoms with Gasteiger partial charge in [-0.1, -0.05) is 5.16 Å². The highest BCUT2D eigenvalue weighted by molar-refractivity contribution is 5.78. The summed E-state index contributed by atoms with van der Waals surface area (Å²) in [6.45, 7) is 1.90. The average Bonchev–Trinajstić information content (AvgIpc) is 3.49. The van der Waals surface area contributed by atoms with Crippen molar-refractivity contribution in [2.24, 2.45) is 0 Å². The minimum Gasteiger partial charge on any atom is -0.358 e. The van der Waals surface area contributed by atoms with Crippen LogP contribution in [0.5, 0.6) is 0 Å². The molecule has 4 aromatic heterocycles. The Morgan fingerprint density at radius 3 is 2.62 bits per heavy atom. The van der Waals surface area contributed by atoms with E-state index in [9.17, 15) is 18.4 Å². The van der Waals surface area contributed by atoms with E-state index in [1.807, 2.05) is 42.0 Å². The lowest BCUT2D eigenvalue weighted by atomic mass is 10.0. The number of carbonyl (C=O) groups is 2. The fraction of sp³-hybridized carbons (Fsp3) is 0.261. The van der Waals surface area contributed by atoms with Crippen LogP contribution < -0.4 is 10.6 Å². The molecule has 0 aliphatic carbocycles. The summed E-state index contributed by atoms with van der Waals surface area (Å²) in [5.41, 5.74) is 3.37. The highest BCUT2D eigenvalue weighted by Crippen LogP contribution is 2.26. The van der Waals surface area contributed by atoms with Crippen molar-refractivity contribution in [3.63, 3.8) is 0 Å². The molecule has 0 aliphatic heterocycles. The summed E-state index contributed by atoms with van der Waals surface area (Å²) in [4.78, 5) is 28.6. The van der Waals surface area contributed by atoms with E-state index in [2.05, 4.69) is 30.3 Å². The Labute approximate surface area is 194 Å². The molecule has 0 spiro atoms. The van der Waals surface area contributed by atoms with E-state index in [0.29, 0.717) is 18.7 Å². The van der Waals surface area contributed by atoms with Gasteiger partial charge in [0.1, 0.15) is 5.65 Å². The maximum Gasteiger partial charge on any atom is 0.250 e. The molecule has 2 amide bonds. The second kappa shape index (κ2) is 11.6. The molecule has 178 valence electrons. The van der Waals surface area contributed by atoms with Crippen molar-refractivity contribution in [1.82, 2.24) is 25.0 Å². The Bertz CT molecular complexity index is 1190. The van der Waals surface area contributed by atoms with Crippen LogP contribution >= 0.6 is 0 Å². The molecule has 34 heavy (non-hydrogen) atoms. The molecule has 4 aromatic rings. The molecule has 9 nitrogen and oxygen atoms in total.